The van der Waals surface area contributed by atoms with E-state index >= 15 is 0 Å². The predicted molar refractivity (Wildman–Crippen MR) is 106 cm³/mol. The average Bonchev–Trinajstić information content (AvgIpc) is 3.16. The van der Waals surface area contributed by atoms with E-state index in [2.05, 4.69) is 15.6 Å². The van der Waals surface area contributed by atoms with Crippen LogP contribution in [0.5, 0.6) is 0 Å². The highest BCUT2D eigenvalue weighted by Gasteiger charge is 2.19. The molecule has 2 N–H and O–H groups in total. The topological polar surface area (TPSA) is 123 Å². The van der Waals surface area contributed by atoms with Crippen molar-refractivity contribution in [2.24, 2.45) is 0 Å². The zero-order chi connectivity index (χ0) is 20.4. The molecule has 1 heterocycles. The van der Waals surface area contributed by atoms with Crippen LogP contribution in [0, 0.1) is 10.1 Å². The Morgan fingerprint density at radius 1 is 1.03 bits per heavy atom. The molecule has 0 saturated heterocycles. The highest BCUT2D eigenvalue weighted by molar-refractivity contribution is 5.88. The molecule has 1 atom stereocenters. The maximum atomic E-state index is 11.1. The van der Waals surface area contributed by atoms with Crippen LogP contribution in [0.2, 0.25) is 0 Å². The van der Waals surface area contributed by atoms with Gasteiger partial charge in [0, 0.05) is 17.8 Å². The van der Waals surface area contributed by atoms with Gasteiger partial charge < -0.3 is 10.4 Å². The lowest BCUT2D eigenvalue weighted by molar-refractivity contribution is -0.384. The molecule has 0 bridgehead atoms. The zero-order valence-electron chi connectivity index (χ0n) is 15.0. The standard InChI is InChI=1S/C20H15N5O4/c26-20(27)14-5-9-15(10-6-14)21-19(13-7-11-16(12-8-13)25(28)29)24-18-4-2-1-3-17(18)22-23-24/h1-12,19,21H,(H,26,27)/t19-/m1/s1. The monoisotopic (exact) mass is 389 g/mol. The number of carboxylic acids is 1. The van der Waals surface area contributed by atoms with E-state index in [0.29, 0.717) is 11.2 Å². The third-order valence-corrected chi connectivity index (χ3v) is 4.48. The highest BCUT2D eigenvalue weighted by atomic mass is 16.6. The molecular weight excluding hydrogens is 374 g/mol. The first kappa shape index (κ1) is 18.1. The van der Waals surface area contributed by atoms with Crippen LogP contribution in [-0.2, 0) is 0 Å². The van der Waals surface area contributed by atoms with E-state index in [4.69, 9.17) is 5.11 Å². The summed E-state index contributed by atoms with van der Waals surface area (Å²) in [6, 6.07) is 19.9. The second-order valence-electron chi connectivity index (χ2n) is 6.30. The van der Waals surface area contributed by atoms with Gasteiger partial charge in [0.1, 0.15) is 11.7 Å². The number of hydrogen-bond acceptors (Lipinski definition) is 6. The first-order chi connectivity index (χ1) is 14.0. The molecule has 0 aliphatic carbocycles. The molecule has 0 aliphatic rings. The molecule has 0 amide bonds. The fraction of sp³-hybridized carbons (Fsp3) is 0.0500. The number of nitrogens with one attached hydrogen (secondary N) is 1. The molecule has 0 unspecified atom stereocenters. The molecule has 29 heavy (non-hydrogen) atoms. The number of nitro groups is 1. The van der Waals surface area contributed by atoms with Gasteiger partial charge in [0.15, 0.2) is 0 Å². The van der Waals surface area contributed by atoms with Crippen molar-refractivity contribution in [3.63, 3.8) is 0 Å². The van der Waals surface area contributed by atoms with Gasteiger partial charge in [0.05, 0.1) is 16.0 Å². The number of rotatable bonds is 6. The smallest absolute Gasteiger partial charge is 0.335 e. The molecule has 0 aliphatic heterocycles. The van der Waals surface area contributed by atoms with Gasteiger partial charge >= 0.3 is 5.97 Å². The van der Waals surface area contributed by atoms with Crippen molar-refractivity contribution in [1.82, 2.24) is 15.0 Å². The average molecular weight is 389 g/mol. The van der Waals surface area contributed by atoms with Crippen molar-refractivity contribution in [2.45, 2.75) is 6.17 Å². The Bertz CT molecular complexity index is 1190. The molecular formula is C20H15N5O4. The maximum Gasteiger partial charge on any atom is 0.335 e. The first-order valence-electron chi connectivity index (χ1n) is 8.67. The fourth-order valence-corrected chi connectivity index (χ4v) is 3.01. The molecule has 1 aromatic heterocycles. The molecule has 9 nitrogen and oxygen atoms in total. The van der Waals surface area contributed by atoms with Crippen molar-refractivity contribution in [3.8, 4) is 0 Å². The Hall–Kier alpha value is -4.27. The molecule has 0 spiro atoms. The Kier molecular flexibility index (Phi) is 4.62. The van der Waals surface area contributed by atoms with E-state index in [0.717, 1.165) is 11.1 Å². The summed E-state index contributed by atoms with van der Waals surface area (Å²) < 4.78 is 1.68. The number of anilines is 1. The van der Waals surface area contributed by atoms with E-state index in [1.54, 1.807) is 28.9 Å². The number of nitrogens with zero attached hydrogens (tertiary/aromatic N) is 4. The van der Waals surface area contributed by atoms with E-state index in [9.17, 15) is 14.9 Å². The van der Waals surface area contributed by atoms with Crippen molar-refractivity contribution < 1.29 is 14.8 Å². The van der Waals surface area contributed by atoms with Crippen LogP contribution in [0.15, 0.2) is 72.8 Å². The Morgan fingerprint density at radius 2 is 1.72 bits per heavy atom. The summed E-state index contributed by atoms with van der Waals surface area (Å²) in [6.07, 6.45) is -0.515. The number of aromatic nitrogens is 3. The summed E-state index contributed by atoms with van der Waals surface area (Å²) in [4.78, 5) is 21.6. The molecule has 4 aromatic rings. The van der Waals surface area contributed by atoms with Gasteiger partial charge in [0.25, 0.3) is 5.69 Å². The van der Waals surface area contributed by atoms with Crippen LogP contribution < -0.4 is 5.32 Å². The molecule has 0 radical (unpaired) electrons. The zero-order valence-corrected chi connectivity index (χ0v) is 15.0. The van der Waals surface area contributed by atoms with Crippen LogP contribution in [0.3, 0.4) is 0 Å². The van der Waals surface area contributed by atoms with Gasteiger partial charge in [-0.25, -0.2) is 9.48 Å². The third-order valence-electron chi connectivity index (χ3n) is 4.48. The van der Waals surface area contributed by atoms with Gasteiger partial charge in [-0.15, -0.1) is 5.10 Å². The molecule has 0 saturated carbocycles. The van der Waals surface area contributed by atoms with E-state index in [1.807, 2.05) is 24.3 Å². The normalized spacial score (nSPS) is 11.9. The Balaban J connectivity index is 1.76. The first-order valence-corrected chi connectivity index (χ1v) is 8.67. The number of non-ortho nitro benzene ring substituents is 1. The number of aromatic carboxylic acids is 1. The van der Waals surface area contributed by atoms with Crippen LogP contribution >= 0.6 is 0 Å². The number of carbonyl (C=O) groups is 1. The van der Waals surface area contributed by atoms with E-state index in [1.165, 1.54) is 24.3 Å². The van der Waals surface area contributed by atoms with Crippen LogP contribution in [0.25, 0.3) is 11.0 Å². The number of nitro benzene ring substituents is 1. The summed E-state index contributed by atoms with van der Waals surface area (Å²) in [7, 11) is 0. The molecule has 3 aromatic carbocycles. The minimum atomic E-state index is -1.01. The van der Waals surface area contributed by atoms with Crippen molar-refractivity contribution in [3.05, 3.63) is 94.0 Å². The lowest BCUT2D eigenvalue weighted by Gasteiger charge is -2.21. The van der Waals surface area contributed by atoms with Gasteiger partial charge in [-0.3, -0.25) is 10.1 Å². The van der Waals surface area contributed by atoms with E-state index in [-0.39, 0.29) is 11.3 Å². The van der Waals surface area contributed by atoms with Gasteiger partial charge in [0.2, 0.25) is 0 Å². The van der Waals surface area contributed by atoms with E-state index < -0.39 is 17.1 Å². The minimum absolute atomic E-state index is 0.0123. The number of hydrogen-bond donors (Lipinski definition) is 2. The number of para-hydroxylation sites is 1. The summed E-state index contributed by atoms with van der Waals surface area (Å²) in [5, 5.41) is 31.8. The summed E-state index contributed by atoms with van der Waals surface area (Å²) in [5.74, 6) is -1.01. The molecule has 144 valence electrons. The largest absolute Gasteiger partial charge is 0.478 e. The number of carboxylic acid groups (broad SMARTS) is 1. The number of benzene rings is 3. The van der Waals surface area contributed by atoms with Crippen LogP contribution in [0.4, 0.5) is 11.4 Å². The van der Waals surface area contributed by atoms with Crippen molar-refractivity contribution in [2.75, 3.05) is 5.32 Å². The maximum absolute atomic E-state index is 11.1. The fourth-order valence-electron chi connectivity index (χ4n) is 3.01. The Labute approximate surface area is 164 Å². The lowest BCUT2D eigenvalue weighted by Crippen LogP contribution is -2.21. The SMILES string of the molecule is O=C(O)c1ccc(N[C@@H](c2ccc([N+](=O)[O-])cc2)n2nnc3ccccc32)cc1. The van der Waals surface area contributed by atoms with Crippen LogP contribution in [0.1, 0.15) is 22.1 Å². The summed E-state index contributed by atoms with van der Waals surface area (Å²) in [6.45, 7) is 0. The minimum Gasteiger partial charge on any atom is -0.478 e. The number of fused-ring (bicyclic) bond motifs is 1. The van der Waals surface area contributed by atoms with Crippen molar-refractivity contribution in [1.29, 1.82) is 0 Å². The van der Waals surface area contributed by atoms with Crippen LogP contribution in [-0.4, -0.2) is 31.0 Å². The van der Waals surface area contributed by atoms with Gasteiger partial charge in [-0.1, -0.05) is 17.3 Å². The third kappa shape index (κ3) is 3.61. The molecule has 4 rings (SSSR count). The van der Waals surface area contributed by atoms with Gasteiger partial charge in [-0.05, 0) is 54.1 Å². The quantitative estimate of drug-likeness (QED) is 0.381. The molecule has 0 fully saturated rings. The van der Waals surface area contributed by atoms with Gasteiger partial charge in [-0.2, -0.15) is 0 Å². The lowest BCUT2D eigenvalue weighted by atomic mass is 10.1. The summed E-state index contributed by atoms with van der Waals surface area (Å²) in [5.41, 5.74) is 3.05. The molecule has 9 heteroatoms. The predicted octanol–water partition coefficient (Wildman–Crippen LogP) is 3.70. The highest BCUT2D eigenvalue weighted by Crippen LogP contribution is 2.26. The Morgan fingerprint density at radius 3 is 2.38 bits per heavy atom. The second-order valence-corrected chi connectivity index (χ2v) is 6.30. The summed E-state index contributed by atoms with van der Waals surface area (Å²) >= 11 is 0. The van der Waals surface area contributed by atoms with Crippen molar-refractivity contribution >= 4 is 28.4 Å². The second kappa shape index (κ2) is 7.39.